The predicted molar refractivity (Wildman–Crippen MR) is 105 cm³/mol. The molecule has 1 aromatic heterocycles. The van der Waals surface area contributed by atoms with Crippen LogP contribution in [-0.2, 0) is 6.54 Å². The predicted octanol–water partition coefficient (Wildman–Crippen LogP) is 3.01. The molecule has 0 aliphatic carbocycles. The third-order valence-electron chi connectivity index (χ3n) is 4.33. The summed E-state index contributed by atoms with van der Waals surface area (Å²) < 4.78 is 6.90. The monoisotopic (exact) mass is 403 g/mol. The highest BCUT2D eigenvalue weighted by Crippen LogP contribution is 2.27. The quantitative estimate of drug-likeness (QED) is 0.500. The van der Waals surface area contributed by atoms with Crippen LogP contribution in [0.2, 0.25) is 5.02 Å². The van der Waals surface area contributed by atoms with Crippen LogP contribution in [0.4, 0.5) is 5.69 Å². The summed E-state index contributed by atoms with van der Waals surface area (Å²) in [5.74, 6) is 0.691. The Bertz CT molecular complexity index is 1090. The Labute approximate surface area is 165 Å². The minimum atomic E-state index is -0.974. The van der Waals surface area contributed by atoms with Crippen molar-refractivity contribution in [3.63, 3.8) is 0 Å². The van der Waals surface area contributed by atoms with Gasteiger partial charge in [-0.25, -0.2) is 4.98 Å². The number of aliphatic hydroxyl groups excluding tert-OH is 1. The Morgan fingerprint density at radius 2 is 2.00 bits per heavy atom. The molecule has 8 nitrogen and oxygen atoms in total. The van der Waals surface area contributed by atoms with Gasteiger partial charge in [0.2, 0.25) is 0 Å². The molecule has 0 fully saturated rings. The number of fused-ring (bicyclic) bond motifs is 1. The number of aromatic nitrogens is 2. The Morgan fingerprint density at radius 3 is 2.64 bits per heavy atom. The van der Waals surface area contributed by atoms with Crippen LogP contribution in [-0.4, -0.2) is 32.3 Å². The molecule has 1 heterocycles. The first-order valence-electron chi connectivity index (χ1n) is 8.48. The number of nitro groups is 1. The Morgan fingerprint density at radius 1 is 1.32 bits per heavy atom. The molecular formula is C19H18ClN3O5. The number of aliphatic hydroxyl groups is 1. The summed E-state index contributed by atoms with van der Waals surface area (Å²) in [6, 6.07) is 8.11. The Kier molecular flexibility index (Phi) is 5.62. The first-order chi connectivity index (χ1) is 13.3. The standard InChI is InChI=1S/C19H18ClN3O5/c1-11-4-3-5-12(2)18(11)28-9-13(24)8-22-10-21-16-7-15(20)17(23(26)27)6-14(16)19(22)25/h3-7,10,13,24H,8-9H2,1-2H3/t13-/m1/s1. The molecule has 1 atom stereocenters. The zero-order valence-electron chi connectivity index (χ0n) is 15.3. The summed E-state index contributed by atoms with van der Waals surface area (Å²) in [6.45, 7) is 3.73. The normalized spacial score (nSPS) is 12.1. The van der Waals surface area contributed by atoms with E-state index in [0.29, 0.717) is 5.75 Å². The van der Waals surface area contributed by atoms with Crippen LogP contribution in [0.1, 0.15) is 11.1 Å². The average Bonchev–Trinajstić information content (AvgIpc) is 2.63. The van der Waals surface area contributed by atoms with E-state index in [0.717, 1.165) is 17.2 Å². The fourth-order valence-electron chi connectivity index (χ4n) is 2.92. The number of aryl methyl sites for hydroxylation is 2. The number of para-hydroxylation sites is 1. The van der Waals surface area contributed by atoms with Gasteiger partial charge in [0.1, 0.15) is 23.5 Å². The van der Waals surface area contributed by atoms with E-state index in [2.05, 4.69) is 4.98 Å². The maximum atomic E-state index is 12.6. The minimum absolute atomic E-state index is 0.0169. The van der Waals surface area contributed by atoms with E-state index in [1.165, 1.54) is 17.0 Å². The Balaban J connectivity index is 1.82. The molecule has 28 heavy (non-hydrogen) atoms. The van der Waals surface area contributed by atoms with E-state index < -0.39 is 16.6 Å². The van der Waals surface area contributed by atoms with Crippen molar-refractivity contribution in [1.29, 1.82) is 0 Å². The van der Waals surface area contributed by atoms with Crippen LogP contribution >= 0.6 is 11.6 Å². The van der Waals surface area contributed by atoms with Gasteiger partial charge in [0, 0.05) is 6.07 Å². The maximum absolute atomic E-state index is 12.6. The van der Waals surface area contributed by atoms with E-state index in [1.807, 2.05) is 32.0 Å². The summed E-state index contributed by atoms with van der Waals surface area (Å²) in [7, 11) is 0. The molecule has 0 aliphatic heterocycles. The third kappa shape index (κ3) is 3.97. The maximum Gasteiger partial charge on any atom is 0.288 e. The van der Waals surface area contributed by atoms with Crippen molar-refractivity contribution in [2.24, 2.45) is 0 Å². The van der Waals surface area contributed by atoms with Gasteiger partial charge in [-0.05, 0) is 31.0 Å². The second kappa shape index (κ2) is 7.95. The highest BCUT2D eigenvalue weighted by atomic mass is 35.5. The lowest BCUT2D eigenvalue weighted by atomic mass is 10.1. The fourth-order valence-corrected chi connectivity index (χ4v) is 3.15. The third-order valence-corrected chi connectivity index (χ3v) is 4.63. The zero-order valence-corrected chi connectivity index (χ0v) is 16.0. The smallest absolute Gasteiger partial charge is 0.288 e. The van der Waals surface area contributed by atoms with E-state index in [4.69, 9.17) is 16.3 Å². The number of ether oxygens (including phenoxy) is 1. The lowest BCUT2D eigenvalue weighted by Gasteiger charge is -2.16. The van der Waals surface area contributed by atoms with Crippen LogP contribution in [0.15, 0.2) is 41.5 Å². The Hall–Kier alpha value is -2.97. The van der Waals surface area contributed by atoms with Crippen molar-refractivity contribution in [3.05, 3.63) is 73.3 Å². The first kappa shape index (κ1) is 19.8. The number of hydrogen-bond donors (Lipinski definition) is 1. The number of nitro benzene ring substituents is 1. The van der Waals surface area contributed by atoms with Crippen LogP contribution in [0, 0.1) is 24.0 Å². The second-order valence-corrected chi connectivity index (χ2v) is 6.87. The SMILES string of the molecule is Cc1cccc(C)c1OC[C@H](O)Cn1cnc2cc(Cl)c([N+](=O)[O-])cc2c1=O. The summed E-state index contributed by atoms with van der Waals surface area (Å²) in [5.41, 5.74) is 1.26. The summed E-state index contributed by atoms with van der Waals surface area (Å²) in [4.78, 5) is 27.1. The van der Waals surface area contributed by atoms with Gasteiger partial charge in [-0.2, -0.15) is 0 Å². The topological polar surface area (TPSA) is 107 Å². The minimum Gasteiger partial charge on any atom is -0.490 e. The molecule has 146 valence electrons. The van der Waals surface area contributed by atoms with Crippen molar-refractivity contribution >= 4 is 28.2 Å². The fraction of sp³-hybridized carbons (Fsp3) is 0.263. The second-order valence-electron chi connectivity index (χ2n) is 6.47. The molecule has 3 aromatic rings. The van der Waals surface area contributed by atoms with Crippen LogP contribution < -0.4 is 10.3 Å². The highest BCUT2D eigenvalue weighted by Gasteiger charge is 2.17. The molecular weight excluding hydrogens is 386 g/mol. The van der Waals surface area contributed by atoms with Crippen molar-refractivity contribution in [1.82, 2.24) is 9.55 Å². The molecule has 9 heteroatoms. The number of benzene rings is 2. The lowest BCUT2D eigenvalue weighted by molar-refractivity contribution is -0.384. The molecule has 0 bridgehead atoms. The van der Waals surface area contributed by atoms with Gasteiger partial charge in [0.05, 0.1) is 28.7 Å². The molecule has 0 spiro atoms. The van der Waals surface area contributed by atoms with E-state index in [-0.39, 0.29) is 34.8 Å². The van der Waals surface area contributed by atoms with Crippen molar-refractivity contribution in [3.8, 4) is 5.75 Å². The van der Waals surface area contributed by atoms with Crippen LogP contribution in [0.3, 0.4) is 0 Å². The number of rotatable bonds is 6. The van der Waals surface area contributed by atoms with Crippen molar-refractivity contribution < 1.29 is 14.8 Å². The van der Waals surface area contributed by atoms with Crippen LogP contribution in [0.5, 0.6) is 5.75 Å². The molecule has 1 N–H and O–H groups in total. The van der Waals surface area contributed by atoms with E-state index in [1.54, 1.807) is 0 Å². The average molecular weight is 404 g/mol. The molecule has 2 aromatic carbocycles. The molecule has 0 aliphatic rings. The van der Waals surface area contributed by atoms with Gasteiger partial charge in [-0.1, -0.05) is 29.8 Å². The van der Waals surface area contributed by atoms with Crippen LogP contribution in [0.25, 0.3) is 10.9 Å². The van der Waals surface area contributed by atoms with E-state index in [9.17, 15) is 20.0 Å². The van der Waals surface area contributed by atoms with Gasteiger partial charge >= 0.3 is 0 Å². The van der Waals surface area contributed by atoms with Gasteiger partial charge in [0.15, 0.2) is 0 Å². The van der Waals surface area contributed by atoms with Gasteiger partial charge < -0.3 is 9.84 Å². The summed E-state index contributed by atoms with van der Waals surface area (Å²) in [5, 5.41) is 21.3. The summed E-state index contributed by atoms with van der Waals surface area (Å²) in [6.07, 6.45) is 0.299. The zero-order chi connectivity index (χ0) is 20.4. The summed E-state index contributed by atoms with van der Waals surface area (Å²) >= 11 is 5.85. The van der Waals surface area contributed by atoms with Crippen molar-refractivity contribution in [2.45, 2.75) is 26.5 Å². The lowest BCUT2D eigenvalue weighted by Crippen LogP contribution is -2.30. The number of nitrogens with zero attached hydrogens (tertiary/aromatic N) is 3. The molecule has 0 saturated carbocycles. The van der Waals surface area contributed by atoms with Gasteiger partial charge in [-0.15, -0.1) is 0 Å². The molecule has 3 rings (SSSR count). The first-order valence-corrected chi connectivity index (χ1v) is 8.86. The van der Waals surface area contributed by atoms with Crippen molar-refractivity contribution in [2.75, 3.05) is 6.61 Å². The molecule has 0 radical (unpaired) electrons. The van der Waals surface area contributed by atoms with Gasteiger partial charge in [-0.3, -0.25) is 19.5 Å². The van der Waals surface area contributed by atoms with E-state index >= 15 is 0 Å². The molecule has 0 amide bonds. The number of halogens is 1. The molecule has 0 saturated heterocycles. The number of hydrogen-bond acceptors (Lipinski definition) is 6. The highest BCUT2D eigenvalue weighted by molar-refractivity contribution is 6.33. The van der Waals surface area contributed by atoms with Gasteiger partial charge in [0.25, 0.3) is 11.2 Å². The largest absolute Gasteiger partial charge is 0.490 e. The molecule has 0 unspecified atom stereocenters.